The molecule has 1 aliphatic rings. The third-order valence-corrected chi connectivity index (χ3v) is 4.75. The fourth-order valence-corrected chi connectivity index (χ4v) is 3.26. The molecule has 134 valence electrons. The Labute approximate surface area is 145 Å². The highest BCUT2D eigenvalue weighted by Gasteiger charge is 2.37. The molecular formula is C19H21F3N2O. The first-order valence-electron chi connectivity index (χ1n) is 8.32. The van der Waals surface area contributed by atoms with Crippen LogP contribution in [0.1, 0.15) is 29.7 Å². The van der Waals surface area contributed by atoms with E-state index in [9.17, 15) is 13.2 Å². The molecule has 25 heavy (non-hydrogen) atoms. The van der Waals surface area contributed by atoms with Crippen molar-refractivity contribution in [1.29, 1.82) is 0 Å². The molecule has 1 aromatic carbocycles. The van der Waals surface area contributed by atoms with Crippen LogP contribution in [0.2, 0.25) is 0 Å². The molecule has 0 radical (unpaired) electrons. The van der Waals surface area contributed by atoms with Crippen molar-refractivity contribution >= 4 is 5.82 Å². The highest BCUT2D eigenvalue weighted by atomic mass is 19.4. The summed E-state index contributed by atoms with van der Waals surface area (Å²) in [7, 11) is 0. The molecule has 1 N–H and O–H groups in total. The molecule has 1 fully saturated rings. The van der Waals surface area contributed by atoms with Gasteiger partial charge in [0.25, 0.3) is 0 Å². The molecule has 0 saturated carbocycles. The Hall–Kier alpha value is -2.08. The van der Waals surface area contributed by atoms with Gasteiger partial charge in [-0.2, -0.15) is 13.2 Å². The van der Waals surface area contributed by atoms with Gasteiger partial charge in [-0.15, -0.1) is 0 Å². The van der Waals surface area contributed by atoms with E-state index in [2.05, 4.69) is 10.3 Å². The summed E-state index contributed by atoms with van der Waals surface area (Å²) >= 11 is 0. The van der Waals surface area contributed by atoms with E-state index in [-0.39, 0.29) is 0 Å². The Morgan fingerprint density at radius 1 is 1.12 bits per heavy atom. The van der Waals surface area contributed by atoms with Crippen molar-refractivity contribution in [2.45, 2.75) is 31.4 Å². The largest absolute Gasteiger partial charge is 0.416 e. The number of pyridine rings is 1. The van der Waals surface area contributed by atoms with Crippen LogP contribution in [-0.2, 0) is 16.3 Å². The maximum Gasteiger partial charge on any atom is 0.416 e. The molecule has 0 atom stereocenters. The number of alkyl halides is 3. The zero-order valence-electron chi connectivity index (χ0n) is 14.1. The van der Waals surface area contributed by atoms with Crippen LogP contribution in [0.5, 0.6) is 0 Å². The SMILES string of the molecule is Cc1cccc(NCC2(c3cccc(C(F)(F)F)c3)CCOCC2)n1. The highest BCUT2D eigenvalue weighted by Crippen LogP contribution is 2.38. The molecule has 3 rings (SSSR count). The van der Waals surface area contributed by atoms with Crippen molar-refractivity contribution in [3.8, 4) is 0 Å². The van der Waals surface area contributed by atoms with E-state index in [4.69, 9.17) is 4.74 Å². The van der Waals surface area contributed by atoms with Gasteiger partial charge in [0.05, 0.1) is 5.56 Å². The molecule has 1 aliphatic heterocycles. The van der Waals surface area contributed by atoms with Gasteiger partial charge in [0.2, 0.25) is 0 Å². The minimum atomic E-state index is -4.34. The average Bonchev–Trinajstić information content (AvgIpc) is 2.60. The van der Waals surface area contributed by atoms with E-state index in [1.54, 1.807) is 6.07 Å². The number of hydrogen-bond acceptors (Lipinski definition) is 3. The predicted molar refractivity (Wildman–Crippen MR) is 90.6 cm³/mol. The van der Waals surface area contributed by atoms with E-state index in [1.165, 1.54) is 12.1 Å². The van der Waals surface area contributed by atoms with Crippen LogP contribution < -0.4 is 5.32 Å². The minimum absolute atomic E-state index is 0.398. The molecule has 1 aromatic heterocycles. The lowest BCUT2D eigenvalue weighted by atomic mass is 9.73. The topological polar surface area (TPSA) is 34.1 Å². The third-order valence-electron chi connectivity index (χ3n) is 4.75. The number of hydrogen-bond donors (Lipinski definition) is 1. The molecule has 0 amide bonds. The summed E-state index contributed by atoms with van der Waals surface area (Å²) < 4.78 is 44.8. The summed E-state index contributed by atoms with van der Waals surface area (Å²) in [5, 5.41) is 3.30. The Balaban J connectivity index is 1.88. The number of anilines is 1. The Kier molecular flexibility index (Phi) is 4.99. The molecule has 0 aliphatic carbocycles. The van der Waals surface area contributed by atoms with Crippen LogP contribution >= 0.6 is 0 Å². The molecule has 3 nitrogen and oxygen atoms in total. The van der Waals surface area contributed by atoms with Gasteiger partial charge in [0.15, 0.2) is 0 Å². The van der Waals surface area contributed by atoms with Crippen LogP contribution in [0.3, 0.4) is 0 Å². The van der Waals surface area contributed by atoms with Gasteiger partial charge in [-0.3, -0.25) is 0 Å². The highest BCUT2D eigenvalue weighted by molar-refractivity contribution is 5.39. The molecule has 2 aromatic rings. The van der Waals surface area contributed by atoms with Crippen LogP contribution in [0, 0.1) is 6.92 Å². The predicted octanol–water partition coefficient (Wildman–Crippen LogP) is 4.57. The van der Waals surface area contributed by atoms with E-state index >= 15 is 0 Å². The zero-order chi connectivity index (χ0) is 17.9. The minimum Gasteiger partial charge on any atom is -0.381 e. The van der Waals surface area contributed by atoms with E-state index < -0.39 is 17.2 Å². The number of nitrogens with zero attached hydrogens (tertiary/aromatic N) is 1. The second-order valence-corrected chi connectivity index (χ2v) is 6.49. The number of aryl methyl sites for hydroxylation is 1. The van der Waals surface area contributed by atoms with Gasteiger partial charge in [0, 0.05) is 30.9 Å². The van der Waals surface area contributed by atoms with Gasteiger partial charge in [-0.1, -0.05) is 24.3 Å². The second-order valence-electron chi connectivity index (χ2n) is 6.49. The van der Waals surface area contributed by atoms with Crippen LogP contribution in [0.25, 0.3) is 0 Å². The van der Waals surface area contributed by atoms with Crippen LogP contribution in [0.4, 0.5) is 19.0 Å². The number of benzene rings is 1. The maximum atomic E-state index is 13.1. The number of ether oxygens (including phenoxy) is 1. The molecular weight excluding hydrogens is 329 g/mol. The van der Waals surface area contributed by atoms with Crippen molar-refractivity contribution in [2.75, 3.05) is 25.1 Å². The summed E-state index contributed by atoms with van der Waals surface area (Å²) in [5.41, 5.74) is 0.589. The lowest BCUT2D eigenvalue weighted by Crippen LogP contribution is -2.40. The van der Waals surface area contributed by atoms with Gasteiger partial charge >= 0.3 is 6.18 Å². The fraction of sp³-hybridized carbons (Fsp3) is 0.421. The van der Waals surface area contributed by atoms with Gasteiger partial charge < -0.3 is 10.1 Å². The van der Waals surface area contributed by atoms with Crippen LogP contribution in [-0.4, -0.2) is 24.7 Å². The first-order valence-corrected chi connectivity index (χ1v) is 8.32. The monoisotopic (exact) mass is 350 g/mol. The van der Waals surface area contributed by atoms with Crippen molar-refractivity contribution in [1.82, 2.24) is 4.98 Å². The summed E-state index contributed by atoms with van der Waals surface area (Å²) in [5.74, 6) is 0.734. The number of halogens is 3. The summed E-state index contributed by atoms with van der Waals surface area (Å²) in [6, 6.07) is 11.3. The van der Waals surface area contributed by atoms with E-state index in [0.717, 1.165) is 17.6 Å². The smallest absolute Gasteiger partial charge is 0.381 e. The van der Waals surface area contributed by atoms with Crippen molar-refractivity contribution in [3.63, 3.8) is 0 Å². The average molecular weight is 350 g/mol. The number of nitrogens with one attached hydrogen (secondary N) is 1. The third kappa shape index (κ3) is 4.12. The Morgan fingerprint density at radius 2 is 1.84 bits per heavy atom. The Bertz CT molecular complexity index is 725. The van der Waals surface area contributed by atoms with Crippen molar-refractivity contribution < 1.29 is 17.9 Å². The summed E-state index contributed by atoms with van der Waals surface area (Å²) in [6.45, 7) is 3.51. The normalized spacial score (nSPS) is 17.3. The first-order chi connectivity index (χ1) is 11.9. The summed E-state index contributed by atoms with van der Waals surface area (Å²) in [6.07, 6.45) is -2.99. The van der Waals surface area contributed by atoms with Gasteiger partial charge in [-0.25, -0.2) is 4.98 Å². The molecule has 0 spiro atoms. The summed E-state index contributed by atoms with van der Waals surface area (Å²) in [4.78, 5) is 4.42. The molecule has 2 heterocycles. The fourth-order valence-electron chi connectivity index (χ4n) is 3.26. The van der Waals surface area contributed by atoms with Gasteiger partial charge in [0.1, 0.15) is 5.82 Å². The molecule has 6 heteroatoms. The standard InChI is InChI=1S/C19H21F3N2O/c1-14-4-2-7-17(24-14)23-13-18(8-10-25-11-9-18)15-5-3-6-16(12-15)19(20,21)22/h2-7,12H,8-11,13H2,1H3,(H,23,24). The molecule has 1 saturated heterocycles. The lowest BCUT2D eigenvalue weighted by Gasteiger charge is -2.38. The lowest BCUT2D eigenvalue weighted by molar-refractivity contribution is -0.137. The zero-order valence-corrected chi connectivity index (χ0v) is 14.1. The maximum absolute atomic E-state index is 13.1. The van der Waals surface area contributed by atoms with E-state index in [1.807, 2.05) is 25.1 Å². The van der Waals surface area contributed by atoms with Gasteiger partial charge in [-0.05, 0) is 43.5 Å². The van der Waals surface area contributed by atoms with Crippen molar-refractivity contribution in [3.05, 3.63) is 59.3 Å². The van der Waals surface area contributed by atoms with E-state index in [0.29, 0.717) is 38.2 Å². The number of aromatic nitrogens is 1. The van der Waals surface area contributed by atoms with Crippen molar-refractivity contribution in [2.24, 2.45) is 0 Å². The Morgan fingerprint density at radius 3 is 2.52 bits per heavy atom. The first kappa shape index (κ1) is 17.7. The second kappa shape index (κ2) is 7.04. The van der Waals surface area contributed by atoms with Crippen LogP contribution in [0.15, 0.2) is 42.5 Å². The molecule has 0 unspecified atom stereocenters. The number of rotatable bonds is 4. The quantitative estimate of drug-likeness (QED) is 0.877. The molecule has 0 bridgehead atoms.